The number of hydrogen-bond acceptors (Lipinski definition) is 6. The number of aromatic nitrogens is 2. The molecule has 2 heterocycles. The van der Waals surface area contributed by atoms with E-state index in [0.29, 0.717) is 17.2 Å². The molecule has 0 spiro atoms. The molecule has 7 heteroatoms. The Morgan fingerprint density at radius 1 is 1.12 bits per heavy atom. The molecule has 0 aliphatic carbocycles. The van der Waals surface area contributed by atoms with Gasteiger partial charge in [0.05, 0.1) is 0 Å². The van der Waals surface area contributed by atoms with Crippen LogP contribution in [-0.4, -0.2) is 34.3 Å². The minimum Gasteiger partial charge on any atom is -0.491 e. The van der Waals surface area contributed by atoms with E-state index in [1.807, 2.05) is 24.3 Å². The lowest BCUT2D eigenvalue weighted by molar-refractivity contribution is 0.117. The Hall–Kier alpha value is -3.19. The fourth-order valence-electron chi connectivity index (χ4n) is 2.65. The minimum absolute atomic E-state index is 0.0625. The number of nitrogens with one attached hydrogen (secondary N) is 1. The monoisotopic (exact) mass is 353 g/mol. The van der Waals surface area contributed by atoms with Gasteiger partial charge in [-0.2, -0.15) is 0 Å². The summed E-state index contributed by atoms with van der Waals surface area (Å²) in [7, 11) is 0. The van der Waals surface area contributed by atoms with Crippen molar-refractivity contribution in [2.45, 2.75) is 6.10 Å². The van der Waals surface area contributed by atoms with Crippen molar-refractivity contribution in [2.24, 2.45) is 0 Å². The van der Waals surface area contributed by atoms with E-state index in [1.165, 1.54) is 30.6 Å². The molecule has 1 atom stereocenters. The van der Waals surface area contributed by atoms with E-state index in [-0.39, 0.29) is 19.0 Å². The predicted molar refractivity (Wildman–Crippen MR) is 95.7 cm³/mol. The minimum atomic E-state index is -0.783. The van der Waals surface area contributed by atoms with Crippen LogP contribution in [0.15, 0.2) is 59.3 Å². The van der Waals surface area contributed by atoms with Crippen LogP contribution in [0.25, 0.3) is 22.1 Å². The highest BCUT2D eigenvalue weighted by atomic mass is 19.1. The van der Waals surface area contributed by atoms with Gasteiger partial charge in [-0.1, -0.05) is 12.1 Å². The van der Waals surface area contributed by atoms with Crippen molar-refractivity contribution in [3.63, 3.8) is 0 Å². The molecule has 26 heavy (non-hydrogen) atoms. The van der Waals surface area contributed by atoms with Crippen molar-refractivity contribution in [1.82, 2.24) is 9.97 Å². The standard InChI is InChI=1S/C19H16FN3O3/c20-12-5-7-14(8-6-12)25-10-13(24)9-21-19-18-17(22-11-23-19)15-3-1-2-4-16(15)26-18/h1-8,11,13,24H,9-10H2,(H,21,22,23). The van der Waals surface area contributed by atoms with Crippen molar-refractivity contribution in [1.29, 1.82) is 0 Å². The molecule has 0 saturated carbocycles. The number of aliphatic hydroxyl groups is 1. The molecule has 132 valence electrons. The van der Waals surface area contributed by atoms with E-state index in [0.717, 1.165) is 16.5 Å². The van der Waals surface area contributed by atoms with E-state index in [9.17, 15) is 9.50 Å². The summed E-state index contributed by atoms with van der Waals surface area (Å²) in [6, 6.07) is 13.2. The molecular weight excluding hydrogens is 337 g/mol. The fraction of sp³-hybridized carbons (Fsp3) is 0.158. The third-order valence-electron chi connectivity index (χ3n) is 3.92. The first-order valence-electron chi connectivity index (χ1n) is 8.13. The maximum Gasteiger partial charge on any atom is 0.196 e. The molecule has 0 amide bonds. The summed E-state index contributed by atoms with van der Waals surface area (Å²) in [6.45, 7) is 0.275. The molecule has 4 aromatic rings. The van der Waals surface area contributed by atoms with Crippen LogP contribution in [0.2, 0.25) is 0 Å². The van der Waals surface area contributed by atoms with E-state index in [2.05, 4.69) is 15.3 Å². The van der Waals surface area contributed by atoms with Crippen LogP contribution in [0.4, 0.5) is 10.2 Å². The lowest BCUT2D eigenvalue weighted by Crippen LogP contribution is -2.26. The SMILES string of the molecule is OC(CNc1ncnc2c1oc1ccccc12)COc1ccc(F)cc1. The Bertz CT molecular complexity index is 1030. The zero-order valence-electron chi connectivity index (χ0n) is 13.7. The highest BCUT2D eigenvalue weighted by molar-refractivity contribution is 6.05. The van der Waals surface area contributed by atoms with Gasteiger partial charge in [0.1, 0.15) is 41.7 Å². The predicted octanol–water partition coefficient (Wildman–Crippen LogP) is 3.37. The quantitative estimate of drug-likeness (QED) is 0.553. The Kier molecular flexibility index (Phi) is 4.37. The maximum absolute atomic E-state index is 12.9. The maximum atomic E-state index is 12.9. The van der Waals surface area contributed by atoms with Crippen LogP contribution in [0.3, 0.4) is 0 Å². The van der Waals surface area contributed by atoms with E-state index in [4.69, 9.17) is 9.15 Å². The second kappa shape index (κ2) is 6.97. The Morgan fingerprint density at radius 3 is 2.77 bits per heavy atom. The molecule has 0 radical (unpaired) electrons. The van der Waals surface area contributed by atoms with Crippen LogP contribution in [0.1, 0.15) is 0 Å². The first-order valence-corrected chi connectivity index (χ1v) is 8.13. The Balaban J connectivity index is 1.43. The largest absolute Gasteiger partial charge is 0.491 e. The average Bonchev–Trinajstić information content (AvgIpc) is 3.05. The number of furan rings is 1. The first-order chi connectivity index (χ1) is 12.7. The van der Waals surface area contributed by atoms with Crippen LogP contribution < -0.4 is 10.1 Å². The number of benzene rings is 2. The zero-order chi connectivity index (χ0) is 17.9. The number of halogens is 1. The summed E-state index contributed by atoms with van der Waals surface area (Å²) >= 11 is 0. The van der Waals surface area contributed by atoms with Gasteiger partial charge in [-0.15, -0.1) is 0 Å². The molecule has 2 N–H and O–H groups in total. The number of anilines is 1. The number of nitrogens with zero attached hydrogens (tertiary/aromatic N) is 2. The molecule has 0 fully saturated rings. The van der Waals surface area contributed by atoms with Gasteiger partial charge in [-0.25, -0.2) is 14.4 Å². The smallest absolute Gasteiger partial charge is 0.196 e. The number of aliphatic hydroxyl groups excluding tert-OH is 1. The molecule has 0 aliphatic heterocycles. The van der Waals surface area contributed by atoms with E-state index >= 15 is 0 Å². The molecule has 6 nitrogen and oxygen atoms in total. The summed E-state index contributed by atoms with van der Waals surface area (Å²) < 4.78 is 24.1. The number of hydrogen-bond donors (Lipinski definition) is 2. The summed E-state index contributed by atoms with van der Waals surface area (Å²) in [4.78, 5) is 8.47. The lowest BCUT2D eigenvalue weighted by atomic mass is 10.2. The number of fused-ring (bicyclic) bond motifs is 3. The van der Waals surface area contributed by atoms with Gasteiger partial charge < -0.3 is 19.6 Å². The van der Waals surface area contributed by atoms with Crippen LogP contribution in [0.5, 0.6) is 5.75 Å². The van der Waals surface area contributed by atoms with Crippen molar-refractivity contribution < 1.29 is 18.7 Å². The molecule has 1 unspecified atom stereocenters. The summed E-state index contributed by atoms with van der Waals surface area (Å²) in [6.07, 6.45) is 0.669. The second-order valence-corrected chi connectivity index (χ2v) is 5.80. The molecule has 4 rings (SSSR count). The molecule has 0 aliphatic rings. The van der Waals surface area contributed by atoms with Crippen molar-refractivity contribution in [3.05, 3.63) is 60.7 Å². The van der Waals surface area contributed by atoms with Gasteiger partial charge >= 0.3 is 0 Å². The van der Waals surface area contributed by atoms with Gasteiger partial charge in [-0.05, 0) is 36.4 Å². The summed E-state index contributed by atoms with van der Waals surface area (Å²) in [5.41, 5.74) is 1.99. The summed E-state index contributed by atoms with van der Waals surface area (Å²) in [5.74, 6) is 0.664. The van der Waals surface area contributed by atoms with E-state index in [1.54, 1.807) is 0 Å². The third-order valence-corrected chi connectivity index (χ3v) is 3.92. The molecule has 0 saturated heterocycles. The van der Waals surface area contributed by atoms with Gasteiger partial charge in [0, 0.05) is 11.9 Å². The van der Waals surface area contributed by atoms with Crippen molar-refractivity contribution in [2.75, 3.05) is 18.5 Å². The number of rotatable bonds is 6. The van der Waals surface area contributed by atoms with Gasteiger partial charge in [0.25, 0.3) is 0 Å². The summed E-state index contributed by atoms with van der Waals surface area (Å²) in [5, 5.41) is 14.1. The Labute approximate surface area is 148 Å². The van der Waals surface area contributed by atoms with E-state index < -0.39 is 6.10 Å². The topological polar surface area (TPSA) is 80.4 Å². The molecule has 2 aromatic carbocycles. The zero-order valence-corrected chi connectivity index (χ0v) is 13.7. The first kappa shape index (κ1) is 16.3. The normalized spacial score (nSPS) is 12.4. The highest BCUT2D eigenvalue weighted by Gasteiger charge is 2.14. The lowest BCUT2D eigenvalue weighted by Gasteiger charge is -2.13. The van der Waals surface area contributed by atoms with Crippen molar-refractivity contribution >= 4 is 27.9 Å². The molecule has 0 bridgehead atoms. The van der Waals surface area contributed by atoms with Crippen LogP contribution >= 0.6 is 0 Å². The van der Waals surface area contributed by atoms with Gasteiger partial charge in [-0.3, -0.25) is 0 Å². The second-order valence-electron chi connectivity index (χ2n) is 5.80. The third kappa shape index (κ3) is 3.29. The number of para-hydroxylation sites is 1. The molecular formula is C19H16FN3O3. The van der Waals surface area contributed by atoms with Crippen LogP contribution in [0, 0.1) is 5.82 Å². The molecule has 2 aromatic heterocycles. The van der Waals surface area contributed by atoms with Gasteiger partial charge in [0.15, 0.2) is 11.4 Å². The van der Waals surface area contributed by atoms with Crippen molar-refractivity contribution in [3.8, 4) is 5.75 Å². The van der Waals surface area contributed by atoms with Crippen LogP contribution in [-0.2, 0) is 0 Å². The highest BCUT2D eigenvalue weighted by Crippen LogP contribution is 2.30. The van der Waals surface area contributed by atoms with Gasteiger partial charge in [0.2, 0.25) is 0 Å². The number of ether oxygens (including phenoxy) is 1. The fourth-order valence-corrected chi connectivity index (χ4v) is 2.65. The average molecular weight is 353 g/mol. The Morgan fingerprint density at radius 2 is 1.92 bits per heavy atom.